The van der Waals surface area contributed by atoms with Crippen molar-refractivity contribution in [3.63, 3.8) is 0 Å². The quantitative estimate of drug-likeness (QED) is 0.271. The number of methoxy groups -OCH3 is 1. The molecule has 9 nitrogen and oxygen atoms in total. The highest BCUT2D eigenvalue weighted by Crippen LogP contribution is 2.50. The third-order valence-electron chi connectivity index (χ3n) is 7.77. The van der Waals surface area contributed by atoms with Crippen LogP contribution in [0.2, 0.25) is 0 Å². The molecule has 0 bridgehead atoms. The molecule has 2 atom stereocenters. The zero-order valence-electron chi connectivity index (χ0n) is 25.0. The first-order valence-corrected chi connectivity index (χ1v) is 16.2. The largest absolute Gasteiger partial charge is 0.490 e. The first kappa shape index (κ1) is 38.5. The lowest BCUT2D eigenvalue weighted by Crippen LogP contribution is -2.66. The molecule has 45 heavy (non-hydrogen) atoms. The molecule has 1 spiro atoms. The molecule has 2 saturated carbocycles. The Balaban J connectivity index is 0.000000421. The lowest BCUT2D eigenvalue weighted by Gasteiger charge is -2.59. The van der Waals surface area contributed by atoms with Gasteiger partial charge in [0.05, 0.1) is 18.1 Å². The van der Waals surface area contributed by atoms with Gasteiger partial charge >= 0.3 is 24.3 Å². The monoisotopic (exact) mass is 674 g/mol. The number of hydrogen-bond donors (Lipinski definition) is 3. The molecule has 1 aliphatic heterocycles. The second kappa shape index (κ2) is 16.2. The maximum atomic E-state index is 11.9. The normalized spacial score (nSPS) is 21.4. The van der Waals surface area contributed by atoms with Gasteiger partial charge in [-0.05, 0) is 55.5 Å². The highest BCUT2D eigenvalue weighted by atomic mass is 32.2. The van der Waals surface area contributed by atoms with Crippen molar-refractivity contribution in [3.8, 4) is 0 Å². The van der Waals surface area contributed by atoms with Crippen molar-refractivity contribution in [1.82, 2.24) is 10.2 Å². The predicted octanol–water partition coefficient (Wildman–Crippen LogP) is 4.64. The number of ether oxygens (including phenoxy) is 1. The van der Waals surface area contributed by atoms with Gasteiger partial charge in [0, 0.05) is 32.3 Å². The number of sulfone groups is 1. The number of benzene rings is 1. The number of alkyl halides is 6. The fourth-order valence-electron chi connectivity index (χ4n) is 5.57. The Morgan fingerprint density at radius 2 is 1.56 bits per heavy atom. The van der Waals surface area contributed by atoms with Crippen LogP contribution < -0.4 is 5.32 Å². The second-order valence-electron chi connectivity index (χ2n) is 11.5. The van der Waals surface area contributed by atoms with Crippen LogP contribution in [0.25, 0.3) is 6.08 Å². The van der Waals surface area contributed by atoms with Crippen LogP contribution in [0.4, 0.5) is 26.3 Å². The highest BCUT2D eigenvalue weighted by Gasteiger charge is 2.53. The molecular weight excluding hydrogens is 634 g/mol. The molecule has 0 unspecified atom stereocenters. The zero-order chi connectivity index (χ0) is 34.1. The van der Waals surface area contributed by atoms with Crippen LogP contribution in [0.3, 0.4) is 0 Å². The standard InChI is InChI=1S/C25H38N2O3S.2C2HF3O2/c1-3-21(14-20-8-5-4-6-9-20)23-15-24(23)26-22-16-25(17-22)18-27(19-25)10-7-12-31(28,29)13-11-30-2;2*3-2(4,5)1(6)7/h4-6,8-9,14,22-24,26H,3,7,10-13,15-19H2,1-2H3;2*(H,6,7)/b21-14+;;/t23-,24+;;/m0../s1. The molecule has 1 aromatic rings. The van der Waals surface area contributed by atoms with Gasteiger partial charge in [-0.15, -0.1) is 0 Å². The van der Waals surface area contributed by atoms with E-state index in [0.717, 1.165) is 32.5 Å². The maximum absolute atomic E-state index is 11.9. The van der Waals surface area contributed by atoms with Crippen LogP contribution in [-0.4, -0.2) is 105 Å². The number of carboxylic acid groups (broad SMARTS) is 2. The van der Waals surface area contributed by atoms with Crippen molar-refractivity contribution < 1.29 is 59.3 Å². The van der Waals surface area contributed by atoms with Gasteiger partial charge in [-0.2, -0.15) is 26.3 Å². The van der Waals surface area contributed by atoms with E-state index in [9.17, 15) is 34.8 Å². The minimum Gasteiger partial charge on any atom is -0.475 e. The fourth-order valence-corrected chi connectivity index (χ4v) is 6.76. The summed E-state index contributed by atoms with van der Waals surface area (Å²) in [5, 5.41) is 18.2. The summed E-state index contributed by atoms with van der Waals surface area (Å²) in [5.41, 5.74) is 3.39. The van der Waals surface area contributed by atoms with E-state index in [4.69, 9.17) is 24.5 Å². The lowest BCUT2D eigenvalue weighted by molar-refractivity contribution is -0.193. The minimum absolute atomic E-state index is 0.142. The second-order valence-corrected chi connectivity index (χ2v) is 13.8. The van der Waals surface area contributed by atoms with Crippen LogP contribution in [0.1, 0.15) is 44.6 Å². The number of aliphatic carboxylic acids is 2. The number of nitrogens with one attached hydrogen (secondary N) is 1. The van der Waals surface area contributed by atoms with Gasteiger partial charge in [0.15, 0.2) is 9.84 Å². The number of rotatable bonds is 12. The van der Waals surface area contributed by atoms with Crippen LogP contribution in [0.15, 0.2) is 35.9 Å². The summed E-state index contributed by atoms with van der Waals surface area (Å²) >= 11 is 0. The van der Waals surface area contributed by atoms with E-state index in [1.54, 1.807) is 12.7 Å². The van der Waals surface area contributed by atoms with E-state index in [1.165, 1.54) is 24.8 Å². The average molecular weight is 675 g/mol. The molecule has 0 aromatic heterocycles. The summed E-state index contributed by atoms with van der Waals surface area (Å²) in [7, 11) is -1.42. The van der Waals surface area contributed by atoms with E-state index < -0.39 is 34.1 Å². The van der Waals surface area contributed by atoms with Crippen LogP contribution in [0.5, 0.6) is 0 Å². The SMILES string of the molecule is CC/C(=C\c1ccccc1)[C@@H]1C[C@H]1NC1CC2(C1)CN(CCCS(=O)(=O)CCOC)C2.O=C(O)C(F)(F)F.O=C(O)C(F)(F)F. The number of likely N-dealkylation sites (tertiary alicyclic amines) is 1. The van der Waals surface area contributed by atoms with Crippen LogP contribution in [0, 0.1) is 11.3 Å². The van der Waals surface area contributed by atoms with Gasteiger partial charge in [0.25, 0.3) is 0 Å². The van der Waals surface area contributed by atoms with E-state index in [-0.39, 0.29) is 11.5 Å². The lowest BCUT2D eigenvalue weighted by atomic mass is 9.60. The molecule has 2 aliphatic carbocycles. The molecule has 1 heterocycles. The van der Waals surface area contributed by atoms with Crippen molar-refractivity contribution in [1.29, 1.82) is 0 Å². The van der Waals surface area contributed by atoms with Gasteiger partial charge in [0.2, 0.25) is 0 Å². The molecule has 3 aliphatic rings. The van der Waals surface area contributed by atoms with E-state index >= 15 is 0 Å². The van der Waals surface area contributed by atoms with E-state index in [0.29, 0.717) is 30.0 Å². The molecule has 1 saturated heterocycles. The van der Waals surface area contributed by atoms with Gasteiger partial charge in [-0.1, -0.05) is 48.9 Å². The molecule has 0 radical (unpaired) electrons. The number of carboxylic acids is 2. The molecule has 0 amide bonds. The van der Waals surface area contributed by atoms with Crippen LogP contribution in [-0.2, 0) is 24.2 Å². The first-order chi connectivity index (χ1) is 20.8. The number of halogens is 6. The smallest absolute Gasteiger partial charge is 0.475 e. The Bertz CT molecular complexity index is 1220. The van der Waals surface area contributed by atoms with Crippen molar-refractivity contribution >= 4 is 27.9 Å². The summed E-state index contributed by atoms with van der Waals surface area (Å²) in [5.74, 6) is -4.38. The number of hydrogen-bond acceptors (Lipinski definition) is 7. The fraction of sp³-hybridized carbons (Fsp3) is 0.655. The topological polar surface area (TPSA) is 133 Å². The van der Waals surface area contributed by atoms with Crippen molar-refractivity contribution in [2.45, 2.75) is 63.5 Å². The third-order valence-corrected chi connectivity index (χ3v) is 9.47. The molecule has 3 fully saturated rings. The summed E-state index contributed by atoms with van der Waals surface area (Å²) in [4.78, 5) is 20.2. The molecular formula is C29H40F6N2O7S. The summed E-state index contributed by atoms with van der Waals surface area (Å²) in [6.07, 6.45) is -2.08. The Labute approximate surface area is 258 Å². The molecule has 1 aromatic carbocycles. The first-order valence-electron chi connectivity index (χ1n) is 14.3. The maximum Gasteiger partial charge on any atom is 0.490 e. The summed E-state index contributed by atoms with van der Waals surface area (Å²) in [6, 6.07) is 12.0. The molecule has 16 heteroatoms. The number of nitrogens with zero attached hydrogens (tertiary/aromatic N) is 1. The average Bonchev–Trinajstić information content (AvgIpc) is 3.67. The van der Waals surface area contributed by atoms with Crippen molar-refractivity contribution in [3.05, 3.63) is 41.5 Å². The van der Waals surface area contributed by atoms with Gasteiger partial charge in [0.1, 0.15) is 0 Å². The Morgan fingerprint density at radius 1 is 1.02 bits per heavy atom. The Hall–Kier alpha value is -2.69. The number of carbonyl (C=O) groups is 2. The Kier molecular flexibility index (Phi) is 13.9. The predicted molar refractivity (Wildman–Crippen MR) is 154 cm³/mol. The third kappa shape index (κ3) is 13.3. The minimum atomic E-state index is -5.08. The zero-order valence-corrected chi connectivity index (χ0v) is 25.8. The van der Waals surface area contributed by atoms with Gasteiger partial charge in [-0.3, -0.25) is 0 Å². The molecule has 3 N–H and O–H groups in total. The highest BCUT2D eigenvalue weighted by molar-refractivity contribution is 7.91. The summed E-state index contributed by atoms with van der Waals surface area (Å²) < 4.78 is 92.2. The Morgan fingerprint density at radius 3 is 2.02 bits per heavy atom. The van der Waals surface area contributed by atoms with Gasteiger partial charge < -0.3 is 25.2 Å². The van der Waals surface area contributed by atoms with Crippen molar-refractivity contribution in [2.75, 3.05) is 44.9 Å². The van der Waals surface area contributed by atoms with E-state index in [1.807, 2.05) is 0 Å². The van der Waals surface area contributed by atoms with E-state index in [2.05, 4.69) is 53.5 Å². The summed E-state index contributed by atoms with van der Waals surface area (Å²) in [6.45, 7) is 5.76. The van der Waals surface area contributed by atoms with Crippen LogP contribution >= 0.6 is 0 Å². The molecule has 256 valence electrons. The van der Waals surface area contributed by atoms with Crippen molar-refractivity contribution in [2.24, 2.45) is 11.3 Å². The van der Waals surface area contributed by atoms with Gasteiger partial charge in [-0.25, -0.2) is 18.0 Å². The molecule has 4 rings (SSSR count).